The van der Waals surface area contributed by atoms with Gasteiger partial charge in [-0.3, -0.25) is 14.4 Å². The third kappa shape index (κ3) is 14.1. The number of methoxy groups -OCH3 is 2. The predicted octanol–water partition coefficient (Wildman–Crippen LogP) is 6.21. The van der Waals surface area contributed by atoms with Gasteiger partial charge in [-0.1, -0.05) is 71.1 Å². The van der Waals surface area contributed by atoms with E-state index in [1.165, 1.54) is 18.3 Å². The van der Waals surface area contributed by atoms with Crippen molar-refractivity contribution in [2.75, 3.05) is 20.8 Å². The first-order chi connectivity index (χ1) is 31.9. The van der Waals surface area contributed by atoms with Gasteiger partial charge in [-0.05, 0) is 136 Å². The first-order valence-electron chi connectivity index (χ1n) is 24.7. The quantitative estimate of drug-likeness (QED) is 0.164. The molecule has 3 N–H and O–H groups in total. The van der Waals surface area contributed by atoms with E-state index in [2.05, 4.69) is 22.4 Å². The first-order valence-corrected chi connectivity index (χ1v) is 24.7. The third-order valence-electron chi connectivity index (χ3n) is 14.9. The number of fused-ring (bicyclic) bond motifs is 3. The number of cyclic esters (lactones) is 1. The smallest absolute Gasteiger partial charge is 0.329 e. The Morgan fingerprint density at radius 2 is 1.61 bits per heavy atom. The highest BCUT2D eigenvalue weighted by molar-refractivity contribution is 6.39. The van der Waals surface area contributed by atoms with Crippen molar-refractivity contribution in [1.29, 1.82) is 0 Å². The molecule has 5 rings (SSSR count). The van der Waals surface area contributed by atoms with Crippen LogP contribution in [-0.4, -0.2) is 133 Å². The summed E-state index contributed by atoms with van der Waals surface area (Å²) in [5, 5.41) is 45.9. The molecule has 4 aliphatic rings. The first kappa shape index (κ1) is 54.0. The highest BCUT2D eigenvalue weighted by Crippen LogP contribution is 2.39. The van der Waals surface area contributed by atoms with Crippen molar-refractivity contribution >= 4 is 23.4 Å². The molecule has 1 aromatic heterocycles. The Hall–Kier alpha value is -3.93. The number of aliphatic hydroxyl groups excluding tert-OH is 2. The van der Waals surface area contributed by atoms with E-state index in [-0.39, 0.29) is 48.0 Å². The van der Waals surface area contributed by atoms with Crippen molar-refractivity contribution < 1.29 is 53.4 Å². The number of ether oxygens (including phenoxy) is 4. The van der Waals surface area contributed by atoms with E-state index in [1.807, 2.05) is 64.2 Å². The molecule has 16 heteroatoms. The van der Waals surface area contributed by atoms with Crippen LogP contribution < -0.4 is 0 Å². The lowest BCUT2D eigenvalue weighted by Crippen LogP contribution is -2.60. The van der Waals surface area contributed by atoms with E-state index < -0.39 is 72.0 Å². The van der Waals surface area contributed by atoms with Gasteiger partial charge >= 0.3 is 5.97 Å². The molecule has 15 atom stereocenters. The maximum absolute atomic E-state index is 14.4. The summed E-state index contributed by atoms with van der Waals surface area (Å²) in [7, 11) is 3.04. The number of piperidine rings is 1. The van der Waals surface area contributed by atoms with Crippen molar-refractivity contribution in [1.82, 2.24) is 25.1 Å². The molecule has 16 nitrogen and oxygen atoms in total. The van der Waals surface area contributed by atoms with Gasteiger partial charge in [0.15, 0.2) is 5.78 Å². The van der Waals surface area contributed by atoms with Crippen molar-refractivity contribution in [2.24, 2.45) is 35.5 Å². The number of aliphatic hydroxyl groups is 3. The Bertz CT molecular complexity index is 1920. The minimum Gasteiger partial charge on any atom is -0.461 e. The van der Waals surface area contributed by atoms with Crippen LogP contribution in [0.25, 0.3) is 0 Å². The van der Waals surface area contributed by atoms with Gasteiger partial charge in [-0.15, -0.1) is 5.10 Å². The predicted molar refractivity (Wildman–Crippen MR) is 251 cm³/mol. The van der Waals surface area contributed by atoms with Gasteiger partial charge in [0.05, 0.1) is 24.4 Å². The maximum Gasteiger partial charge on any atom is 0.329 e. The van der Waals surface area contributed by atoms with Crippen LogP contribution >= 0.6 is 0 Å². The molecule has 1 aliphatic carbocycles. The van der Waals surface area contributed by atoms with Crippen LogP contribution in [0.1, 0.15) is 138 Å². The number of esters is 1. The second kappa shape index (κ2) is 25.1. The monoisotopic (exact) mass is 938 g/mol. The van der Waals surface area contributed by atoms with Crippen LogP contribution in [0, 0.1) is 35.5 Å². The molecular weight excluding hydrogens is 859 g/mol. The Morgan fingerprint density at radius 1 is 0.851 bits per heavy atom. The van der Waals surface area contributed by atoms with Gasteiger partial charge in [0.25, 0.3) is 11.7 Å². The number of ketones is 2. The van der Waals surface area contributed by atoms with Gasteiger partial charge in [-0.2, -0.15) is 0 Å². The topological polar surface area (TPSA) is 213 Å². The number of amides is 1. The summed E-state index contributed by atoms with van der Waals surface area (Å²) in [5.41, 5.74) is 1.48. The number of hydrogen-bond donors (Lipinski definition) is 3. The van der Waals surface area contributed by atoms with Gasteiger partial charge in [0.2, 0.25) is 5.79 Å². The number of Topliss-reactive ketones (excluding diaryl/α,β-unsaturated/α-hetero) is 2. The number of hydrogen-bond acceptors (Lipinski definition) is 14. The molecule has 0 aromatic carbocycles. The minimum absolute atomic E-state index is 0.0421. The molecule has 3 aliphatic heterocycles. The molecular formula is C51H79N5O11. The SMILES string of the molecule is CO[C@@H]1C[C@H](C[C@@H](C)[C@@H]2CC[C@H](C)/C=C(\C)[C@@H](O)[C@@H](OC)C(=O)[C@H](C)C[C@H](C)/C=C/C=C/C=C(\C)C(n3cnnn3)C[C@@H]3CC[C@@H](C)[C@@](O)(O3)C(=O)C(=O)N3CCCC[C@H]3C(=O)O2)CC[C@H]1O. The molecule has 1 saturated carbocycles. The molecule has 2 saturated heterocycles. The summed E-state index contributed by atoms with van der Waals surface area (Å²) in [6.45, 7) is 13.5. The molecule has 0 radical (unpaired) electrons. The number of rotatable bonds is 6. The second-order valence-corrected chi connectivity index (χ2v) is 20.3. The average Bonchev–Trinajstić information content (AvgIpc) is 3.85. The number of carbonyl (C=O) groups excluding carboxylic acids is 4. The number of tetrazole rings is 1. The van der Waals surface area contributed by atoms with Crippen molar-refractivity contribution in [3.63, 3.8) is 0 Å². The van der Waals surface area contributed by atoms with Gasteiger partial charge in [-0.25, -0.2) is 9.48 Å². The van der Waals surface area contributed by atoms with Crippen LogP contribution in [-0.2, 0) is 38.1 Å². The van der Waals surface area contributed by atoms with Crippen LogP contribution in [0.4, 0.5) is 0 Å². The van der Waals surface area contributed by atoms with E-state index in [0.29, 0.717) is 82.6 Å². The lowest BCUT2D eigenvalue weighted by Gasteiger charge is -2.43. The zero-order valence-electron chi connectivity index (χ0n) is 41.4. The van der Waals surface area contributed by atoms with Crippen molar-refractivity contribution in [2.45, 2.75) is 186 Å². The van der Waals surface area contributed by atoms with E-state index in [4.69, 9.17) is 18.9 Å². The normalized spacial score (nSPS) is 39.5. The fourth-order valence-corrected chi connectivity index (χ4v) is 10.7. The third-order valence-corrected chi connectivity index (χ3v) is 14.9. The van der Waals surface area contributed by atoms with Crippen molar-refractivity contribution in [3.8, 4) is 0 Å². The van der Waals surface area contributed by atoms with Gasteiger partial charge in [0, 0.05) is 39.0 Å². The van der Waals surface area contributed by atoms with E-state index in [1.54, 1.807) is 25.6 Å². The Labute approximate surface area is 397 Å². The van der Waals surface area contributed by atoms with Gasteiger partial charge in [0.1, 0.15) is 30.7 Å². The molecule has 2 bridgehead atoms. The maximum atomic E-state index is 14.4. The molecule has 0 spiro atoms. The zero-order valence-corrected chi connectivity index (χ0v) is 41.4. The molecule has 1 unspecified atom stereocenters. The van der Waals surface area contributed by atoms with E-state index >= 15 is 0 Å². The second-order valence-electron chi connectivity index (χ2n) is 20.3. The largest absolute Gasteiger partial charge is 0.461 e. The summed E-state index contributed by atoms with van der Waals surface area (Å²) in [6.07, 6.45) is 16.0. The highest BCUT2D eigenvalue weighted by atomic mass is 16.6. The fourth-order valence-electron chi connectivity index (χ4n) is 10.7. The number of allylic oxidation sites excluding steroid dienone is 7. The zero-order chi connectivity index (χ0) is 49.0. The summed E-state index contributed by atoms with van der Waals surface area (Å²) in [5.74, 6) is -6.32. The minimum atomic E-state index is -2.43. The molecule has 67 heavy (non-hydrogen) atoms. The Kier molecular flexibility index (Phi) is 20.2. The lowest BCUT2D eigenvalue weighted by atomic mass is 9.78. The lowest BCUT2D eigenvalue weighted by molar-refractivity contribution is -0.264. The fraction of sp³-hybridized carbons (Fsp3) is 0.745. The van der Waals surface area contributed by atoms with Crippen LogP contribution in [0.3, 0.4) is 0 Å². The molecule has 4 heterocycles. The van der Waals surface area contributed by atoms with Crippen molar-refractivity contribution in [3.05, 3.63) is 53.9 Å². The Balaban J connectivity index is 1.47. The summed E-state index contributed by atoms with van der Waals surface area (Å²) in [4.78, 5) is 58.2. The molecule has 374 valence electrons. The highest BCUT2D eigenvalue weighted by Gasteiger charge is 2.53. The van der Waals surface area contributed by atoms with Gasteiger partial charge < -0.3 is 39.2 Å². The summed E-state index contributed by atoms with van der Waals surface area (Å²) < 4.78 is 25.5. The Morgan fingerprint density at radius 3 is 2.31 bits per heavy atom. The van der Waals surface area contributed by atoms with Crippen LogP contribution in [0.5, 0.6) is 0 Å². The van der Waals surface area contributed by atoms with E-state index in [0.717, 1.165) is 12.0 Å². The number of nitrogens with zero attached hydrogens (tertiary/aromatic N) is 5. The average molecular weight is 938 g/mol. The summed E-state index contributed by atoms with van der Waals surface area (Å²) in [6, 6.07) is -1.45. The van der Waals surface area contributed by atoms with Crippen LogP contribution in [0.15, 0.2) is 53.9 Å². The van der Waals surface area contributed by atoms with Crippen LogP contribution in [0.2, 0.25) is 0 Å². The number of aromatic nitrogens is 4. The standard InChI is InChI=1S/C51H79N5O11/c1-31-15-11-10-12-16-33(3)41(56-30-52-53-54-56)29-39-21-19-37(7)51(63,67-39)48(60)49(61)55-24-14-13-17-40(55)50(62)66-43(34(4)27-38-20-22-42(57)44(28-38)64-8)23-18-32(2)26-36(6)46(59)47(65-9)45(58)35(5)25-31/h10-12,15-16,26,30-32,34-35,37-44,46-47,57,59,63H,13-14,17-25,27-29H2,1-9H3/b12-10+,15-11+,33-16+,36-26+/t31-,32+,34-,35-,37-,38+,39+,40+,41?,42-,43+,44-,46-,47+,51-/m1/s1. The summed E-state index contributed by atoms with van der Waals surface area (Å²) >= 11 is 0. The number of carbonyl (C=O) groups is 4. The molecule has 3 fully saturated rings. The van der Waals surface area contributed by atoms with E-state index in [9.17, 15) is 34.5 Å². The molecule has 1 aromatic rings. The molecule has 1 amide bonds.